The maximum absolute atomic E-state index is 11.7. The van der Waals surface area contributed by atoms with Crippen LogP contribution >= 0.6 is 11.3 Å². The summed E-state index contributed by atoms with van der Waals surface area (Å²) in [4.78, 5) is 11.7. The number of carbonyl (C=O) groups is 1. The van der Waals surface area contributed by atoms with Crippen LogP contribution in [0.2, 0.25) is 0 Å². The van der Waals surface area contributed by atoms with Gasteiger partial charge < -0.3 is 11.1 Å². The van der Waals surface area contributed by atoms with Gasteiger partial charge in [0.15, 0.2) is 0 Å². The normalized spacial score (nSPS) is 12.4. The van der Waals surface area contributed by atoms with E-state index in [1.807, 2.05) is 6.92 Å². The highest BCUT2D eigenvalue weighted by Crippen LogP contribution is 2.11. The minimum absolute atomic E-state index is 0.171. The fourth-order valence-corrected chi connectivity index (χ4v) is 2.07. The van der Waals surface area contributed by atoms with Gasteiger partial charge >= 0.3 is 0 Å². The fourth-order valence-electron chi connectivity index (χ4n) is 1.56. The number of carbonyl (C=O) groups excluding carboxylic acids is 1. The lowest BCUT2D eigenvalue weighted by molar-refractivity contribution is 0.0937. The Bertz CT molecular complexity index is 353. The van der Waals surface area contributed by atoms with Crippen molar-refractivity contribution in [3.05, 3.63) is 5.01 Å². The second-order valence-corrected chi connectivity index (χ2v) is 5.18. The van der Waals surface area contributed by atoms with Crippen molar-refractivity contribution < 1.29 is 4.79 Å². The van der Waals surface area contributed by atoms with Gasteiger partial charge in [-0.1, -0.05) is 43.9 Å². The minimum Gasteiger partial charge on any atom is -0.374 e. The van der Waals surface area contributed by atoms with Crippen LogP contribution in [-0.2, 0) is 0 Å². The highest BCUT2D eigenvalue weighted by atomic mass is 32.1. The molecule has 1 heterocycles. The number of nitrogens with one attached hydrogen (secondary N) is 1. The Balaban J connectivity index is 2.26. The van der Waals surface area contributed by atoms with Gasteiger partial charge in [-0.2, -0.15) is 0 Å². The first-order valence-electron chi connectivity index (χ1n) is 6.03. The Labute approximate surface area is 106 Å². The number of hydrogen-bond acceptors (Lipinski definition) is 5. The summed E-state index contributed by atoms with van der Waals surface area (Å²) in [5, 5.41) is 10.9. The maximum atomic E-state index is 11.7. The Morgan fingerprint density at radius 1 is 1.41 bits per heavy atom. The molecule has 17 heavy (non-hydrogen) atoms. The molecular formula is C11H20N4OS. The van der Waals surface area contributed by atoms with Crippen molar-refractivity contribution in [1.29, 1.82) is 0 Å². The number of nitrogens with two attached hydrogens (primary N) is 1. The van der Waals surface area contributed by atoms with E-state index < -0.39 is 0 Å². The number of rotatable bonds is 7. The molecule has 0 fully saturated rings. The van der Waals surface area contributed by atoms with Gasteiger partial charge in [0.2, 0.25) is 10.1 Å². The minimum atomic E-state index is -0.179. The van der Waals surface area contributed by atoms with E-state index in [0.29, 0.717) is 10.1 Å². The van der Waals surface area contributed by atoms with Gasteiger partial charge in [-0.3, -0.25) is 4.79 Å². The van der Waals surface area contributed by atoms with Crippen molar-refractivity contribution >= 4 is 22.4 Å². The lowest BCUT2D eigenvalue weighted by Crippen LogP contribution is -2.32. The monoisotopic (exact) mass is 256 g/mol. The van der Waals surface area contributed by atoms with E-state index in [2.05, 4.69) is 22.4 Å². The Hall–Kier alpha value is -1.17. The zero-order chi connectivity index (χ0) is 12.7. The van der Waals surface area contributed by atoms with Crippen LogP contribution in [0.4, 0.5) is 5.13 Å². The highest BCUT2D eigenvalue weighted by molar-refractivity contribution is 7.16. The molecule has 96 valence electrons. The zero-order valence-electron chi connectivity index (χ0n) is 10.4. The molecule has 0 spiro atoms. The Kier molecular flexibility index (Phi) is 5.90. The number of nitrogen functional groups attached to an aromatic ring is 1. The topological polar surface area (TPSA) is 80.9 Å². The van der Waals surface area contributed by atoms with Gasteiger partial charge in [-0.25, -0.2) is 0 Å². The summed E-state index contributed by atoms with van der Waals surface area (Å²) in [7, 11) is 0. The molecule has 0 radical (unpaired) electrons. The SMILES string of the molecule is CCCCCCC(C)NC(=O)c1nnc(N)s1. The number of nitrogens with zero attached hydrogens (tertiary/aromatic N) is 2. The summed E-state index contributed by atoms with van der Waals surface area (Å²) in [5.41, 5.74) is 5.43. The molecule has 0 aliphatic heterocycles. The number of aromatic nitrogens is 2. The first-order valence-corrected chi connectivity index (χ1v) is 6.85. The predicted octanol–water partition coefficient (Wildman–Crippen LogP) is 2.21. The van der Waals surface area contributed by atoms with Crippen LogP contribution in [0.3, 0.4) is 0 Å². The van der Waals surface area contributed by atoms with E-state index in [4.69, 9.17) is 5.73 Å². The van der Waals surface area contributed by atoms with Crippen LogP contribution in [-0.4, -0.2) is 22.1 Å². The van der Waals surface area contributed by atoms with E-state index in [-0.39, 0.29) is 11.9 Å². The predicted molar refractivity (Wildman–Crippen MR) is 70.0 cm³/mol. The van der Waals surface area contributed by atoms with Crippen molar-refractivity contribution in [3.8, 4) is 0 Å². The van der Waals surface area contributed by atoms with Gasteiger partial charge in [0.25, 0.3) is 5.91 Å². The lowest BCUT2D eigenvalue weighted by atomic mass is 10.1. The van der Waals surface area contributed by atoms with Gasteiger partial charge in [-0.15, -0.1) is 10.2 Å². The van der Waals surface area contributed by atoms with Crippen molar-refractivity contribution in [2.24, 2.45) is 0 Å². The lowest BCUT2D eigenvalue weighted by Gasteiger charge is -2.12. The molecule has 1 aromatic heterocycles. The van der Waals surface area contributed by atoms with E-state index in [9.17, 15) is 4.79 Å². The molecule has 0 aliphatic carbocycles. The molecule has 3 N–H and O–H groups in total. The molecular weight excluding hydrogens is 236 g/mol. The summed E-state index contributed by atoms with van der Waals surface area (Å²) in [5.74, 6) is -0.179. The molecule has 1 rings (SSSR count). The molecule has 6 heteroatoms. The van der Waals surface area contributed by atoms with E-state index in [1.54, 1.807) is 0 Å². The molecule has 0 bridgehead atoms. The van der Waals surface area contributed by atoms with E-state index in [0.717, 1.165) is 24.2 Å². The second kappa shape index (κ2) is 7.21. The maximum Gasteiger partial charge on any atom is 0.282 e. The van der Waals surface area contributed by atoms with Crippen molar-refractivity contribution in [3.63, 3.8) is 0 Å². The largest absolute Gasteiger partial charge is 0.374 e. The summed E-state index contributed by atoms with van der Waals surface area (Å²) < 4.78 is 0. The molecule has 1 amide bonds. The van der Waals surface area contributed by atoms with Crippen molar-refractivity contribution in [2.75, 3.05) is 5.73 Å². The highest BCUT2D eigenvalue weighted by Gasteiger charge is 2.13. The summed E-state index contributed by atoms with van der Waals surface area (Å²) >= 11 is 1.11. The molecule has 0 saturated carbocycles. The molecule has 5 nitrogen and oxygen atoms in total. The standard InChI is InChI=1S/C11H20N4OS/c1-3-4-5-6-7-8(2)13-9(16)10-14-15-11(12)17-10/h8H,3-7H2,1-2H3,(H2,12,15)(H,13,16). The van der Waals surface area contributed by atoms with Crippen LogP contribution < -0.4 is 11.1 Å². The summed E-state index contributed by atoms with van der Waals surface area (Å²) in [6.07, 6.45) is 5.86. The van der Waals surface area contributed by atoms with Crippen molar-refractivity contribution in [1.82, 2.24) is 15.5 Å². The first-order chi connectivity index (χ1) is 8.13. The molecule has 0 aliphatic rings. The number of unbranched alkanes of at least 4 members (excludes halogenated alkanes) is 3. The molecule has 1 unspecified atom stereocenters. The molecule has 0 saturated heterocycles. The molecule has 1 atom stereocenters. The van der Waals surface area contributed by atoms with Crippen LogP contribution in [0.15, 0.2) is 0 Å². The van der Waals surface area contributed by atoms with Crippen LogP contribution in [0.25, 0.3) is 0 Å². The van der Waals surface area contributed by atoms with Gasteiger partial charge in [0.05, 0.1) is 0 Å². The quantitative estimate of drug-likeness (QED) is 0.733. The van der Waals surface area contributed by atoms with E-state index >= 15 is 0 Å². The van der Waals surface area contributed by atoms with E-state index in [1.165, 1.54) is 19.3 Å². The zero-order valence-corrected chi connectivity index (χ0v) is 11.2. The molecule has 1 aromatic rings. The average molecular weight is 256 g/mol. The third kappa shape index (κ3) is 5.12. The van der Waals surface area contributed by atoms with Crippen LogP contribution in [0.5, 0.6) is 0 Å². The number of hydrogen-bond donors (Lipinski definition) is 2. The summed E-state index contributed by atoms with van der Waals surface area (Å²) in [6, 6.07) is 0.171. The average Bonchev–Trinajstić information content (AvgIpc) is 2.71. The third-order valence-corrected chi connectivity index (χ3v) is 3.25. The second-order valence-electron chi connectivity index (χ2n) is 4.17. The van der Waals surface area contributed by atoms with Crippen molar-refractivity contribution in [2.45, 2.75) is 52.0 Å². The Morgan fingerprint density at radius 2 is 2.18 bits per heavy atom. The van der Waals surface area contributed by atoms with Gasteiger partial charge in [-0.05, 0) is 13.3 Å². The van der Waals surface area contributed by atoms with Gasteiger partial charge in [0.1, 0.15) is 0 Å². The molecule has 0 aromatic carbocycles. The number of amides is 1. The Morgan fingerprint density at radius 3 is 2.76 bits per heavy atom. The summed E-state index contributed by atoms with van der Waals surface area (Å²) in [6.45, 7) is 4.19. The van der Waals surface area contributed by atoms with Gasteiger partial charge in [0, 0.05) is 6.04 Å². The number of anilines is 1. The smallest absolute Gasteiger partial charge is 0.282 e. The van der Waals surface area contributed by atoms with Crippen LogP contribution in [0.1, 0.15) is 55.8 Å². The first kappa shape index (κ1) is 13.9. The van der Waals surface area contributed by atoms with Crippen LogP contribution in [0, 0.1) is 0 Å². The fraction of sp³-hybridized carbons (Fsp3) is 0.727. The third-order valence-electron chi connectivity index (χ3n) is 2.50.